The molecule has 4 N–H and O–H groups in total. The van der Waals surface area contributed by atoms with E-state index in [-0.39, 0.29) is 12.8 Å². The van der Waals surface area contributed by atoms with Crippen LogP contribution in [0.4, 0.5) is 0 Å². The number of esters is 1. The minimum absolute atomic E-state index is 0.0507. The van der Waals surface area contributed by atoms with Crippen molar-refractivity contribution in [2.75, 3.05) is 0 Å². The van der Waals surface area contributed by atoms with Gasteiger partial charge in [-0.25, -0.2) is 4.98 Å². The molecule has 9 nitrogen and oxygen atoms in total. The summed E-state index contributed by atoms with van der Waals surface area (Å²) in [5.74, 6) is -2.47. The quantitative estimate of drug-likeness (QED) is 0.328. The highest BCUT2D eigenvalue weighted by Crippen LogP contribution is 2.45. The number of nitrogens with zero attached hydrogens (tertiary/aromatic N) is 1. The van der Waals surface area contributed by atoms with E-state index in [0.29, 0.717) is 5.57 Å². The number of hydrogen-bond acceptors (Lipinski definition) is 10. The molecule has 1 aromatic heterocycles. The lowest BCUT2D eigenvalue weighted by molar-refractivity contribution is -0.154. The van der Waals surface area contributed by atoms with Crippen LogP contribution < -0.4 is 0 Å². The predicted molar refractivity (Wildman–Crippen MR) is 139 cm³/mol. The summed E-state index contributed by atoms with van der Waals surface area (Å²) in [6.45, 7) is 11.7. The number of fused-ring (bicyclic) bond motifs is 1. The number of aromatic nitrogens is 1. The predicted octanol–water partition coefficient (Wildman–Crippen LogP) is 2.42. The molecule has 2 aliphatic rings. The Morgan fingerprint density at radius 2 is 1.78 bits per heavy atom. The Bertz CT molecular complexity index is 1020. The van der Waals surface area contributed by atoms with Crippen molar-refractivity contribution in [2.45, 2.75) is 110 Å². The van der Waals surface area contributed by atoms with E-state index in [0.717, 1.165) is 10.7 Å². The van der Waals surface area contributed by atoms with Gasteiger partial charge in [-0.3, -0.25) is 9.59 Å². The molecule has 9 atom stereocenters. The molecule has 0 radical (unpaired) electrons. The summed E-state index contributed by atoms with van der Waals surface area (Å²) in [5.41, 5.74) is -0.952. The highest BCUT2D eigenvalue weighted by atomic mass is 32.1. The second-order valence-corrected chi connectivity index (χ2v) is 12.6. The van der Waals surface area contributed by atoms with Crippen molar-refractivity contribution in [3.05, 3.63) is 21.7 Å². The van der Waals surface area contributed by atoms with Crippen molar-refractivity contribution in [3.8, 4) is 0 Å². The standard InChI is InChI=1S/C27H41NO8S/c1-13(8-17-12-37-16(4)28-17)19-10-21-27(7,36-21)25(34)18(29)9-14(2)23(32)15(3)24(33)26(5,6)20(30)11-22(31)35-19/h8,12,14-15,18-21,23,25,29-30,32,34H,9-11H2,1-7H3/b13-8+/t14-,15+,18?,19-,20-,21-,23-,25?,27-/m0/s1. The molecule has 208 valence electrons. The average Bonchev–Trinajstić information content (AvgIpc) is 3.30. The van der Waals surface area contributed by atoms with Gasteiger partial charge in [-0.05, 0) is 44.8 Å². The summed E-state index contributed by atoms with van der Waals surface area (Å²) in [4.78, 5) is 30.6. The van der Waals surface area contributed by atoms with Crippen LogP contribution in [0.1, 0.15) is 71.5 Å². The van der Waals surface area contributed by atoms with E-state index in [1.54, 1.807) is 34.6 Å². The number of rotatable bonds is 2. The number of ether oxygens (including phenoxy) is 2. The molecule has 1 aromatic rings. The van der Waals surface area contributed by atoms with Crippen molar-refractivity contribution in [3.63, 3.8) is 0 Å². The minimum atomic E-state index is -1.33. The van der Waals surface area contributed by atoms with E-state index in [1.807, 2.05) is 25.3 Å². The largest absolute Gasteiger partial charge is 0.458 e. The van der Waals surface area contributed by atoms with Crippen molar-refractivity contribution in [2.24, 2.45) is 17.3 Å². The molecule has 2 saturated heterocycles. The molecule has 0 spiro atoms. The number of aliphatic hydroxyl groups excluding tert-OH is 4. The van der Waals surface area contributed by atoms with Gasteiger partial charge in [0, 0.05) is 17.7 Å². The normalized spacial score (nSPS) is 40.1. The fourth-order valence-corrected chi connectivity index (χ4v) is 5.73. The molecule has 0 aliphatic carbocycles. The Hall–Kier alpha value is -1.69. The lowest BCUT2D eigenvalue weighted by Crippen LogP contribution is -2.47. The first-order chi connectivity index (χ1) is 17.1. The second-order valence-electron chi connectivity index (χ2n) is 11.5. The smallest absolute Gasteiger partial charge is 0.309 e. The molecule has 0 amide bonds. The van der Waals surface area contributed by atoms with E-state index in [4.69, 9.17) is 9.47 Å². The third-order valence-corrected chi connectivity index (χ3v) is 8.89. The van der Waals surface area contributed by atoms with Gasteiger partial charge in [0.15, 0.2) is 0 Å². The number of aryl methyl sites for hydroxylation is 1. The van der Waals surface area contributed by atoms with Crippen molar-refractivity contribution in [1.29, 1.82) is 0 Å². The molecular formula is C27H41NO8S. The third-order valence-electron chi connectivity index (χ3n) is 8.10. The highest BCUT2D eigenvalue weighted by Gasteiger charge is 2.60. The van der Waals surface area contributed by atoms with Crippen LogP contribution in [-0.2, 0) is 19.1 Å². The molecule has 10 heteroatoms. The van der Waals surface area contributed by atoms with Crippen LogP contribution >= 0.6 is 11.3 Å². The average molecular weight is 540 g/mol. The van der Waals surface area contributed by atoms with Crippen LogP contribution in [0.3, 0.4) is 0 Å². The molecular weight excluding hydrogens is 498 g/mol. The number of aliphatic hydroxyl groups is 4. The maximum Gasteiger partial charge on any atom is 0.309 e. The monoisotopic (exact) mass is 539 g/mol. The summed E-state index contributed by atoms with van der Waals surface area (Å²) in [7, 11) is 0. The van der Waals surface area contributed by atoms with Gasteiger partial charge < -0.3 is 29.9 Å². The van der Waals surface area contributed by atoms with E-state index in [2.05, 4.69) is 4.98 Å². The van der Waals surface area contributed by atoms with Crippen LogP contribution in [-0.4, -0.2) is 79.4 Å². The molecule has 2 fully saturated rings. The van der Waals surface area contributed by atoms with Gasteiger partial charge in [-0.15, -0.1) is 11.3 Å². The van der Waals surface area contributed by atoms with Gasteiger partial charge in [0.1, 0.15) is 23.6 Å². The molecule has 0 saturated carbocycles. The van der Waals surface area contributed by atoms with Crippen molar-refractivity contribution in [1.82, 2.24) is 4.98 Å². The number of cyclic esters (lactones) is 1. The molecule has 0 bridgehead atoms. The number of epoxide rings is 1. The van der Waals surface area contributed by atoms with Crippen molar-refractivity contribution >= 4 is 29.2 Å². The Balaban J connectivity index is 1.93. The van der Waals surface area contributed by atoms with Gasteiger partial charge in [0.2, 0.25) is 0 Å². The zero-order valence-corrected chi connectivity index (χ0v) is 23.5. The van der Waals surface area contributed by atoms with Gasteiger partial charge in [0.05, 0.1) is 47.0 Å². The lowest BCUT2D eigenvalue weighted by atomic mass is 9.72. The van der Waals surface area contributed by atoms with Crippen LogP contribution in [0, 0.1) is 24.2 Å². The maximum absolute atomic E-state index is 13.2. The van der Waals surface area contributed by atoms with Crippen LogP contribution in [0.5, 0.6) is 0 Å². The Morgan fingerprint density at radius 1 is 1.14 bits per heavy atom. The first-order valence-electron chi connectivity index (χ1n) is 12.8. The van der Waals surface area contributed by atoms with Crippen LogP contribution in [0.15, 0.2) is 11.0 Å². The van der Waals surface area contributed by atoms with Crippen LogP contribution in [0.25, 0.3) is 6.08 Å². The Morgan fingerprint density at radius 3 is 2.38 bits per heavy atom. The highest BCUT2D eigenvalue weighted by molar-refractivity contribution is 7.09. The van der Waals surface area contributed by atoms with E-state index in [9.17, 15) is 30.0 Å². The number of carbonyl (C=O) groups is 2. The summed E-state index contributed by atoms with van der Waals surface area (Å²) >= 11 is 1.50. The summed E-state index contributed by atoms with van der Waals surface area (Å²) in [6, 6.07) is 0. The fourth-order valence-electron chi connectivity index (χ4n) is 5.16. The number of ketones is 1. The molecule has 0 aromatic carbocycles. The van der Waals surface area contributed by atoms with E-state index < -0.39 is 77.6 Å². The molecule has 2 unspecified atom stereocenters. The molecule has 2 aliphatic heterocycles. The number of hydrogen-bond donors (Lipinski definition) is 4. The zero-order chi connectivity index (χ0) is 27.9. The van der Waals surface area contributed by atoms with Gasteiger partial charge in [0.25, 0.3) is 0 Å². The first-order valence-corrected chi connectivity index (χ1v) is 13.7. The van der Waals surface area contributed by atoms with E-state index in [1.165, 1.54) is 11.3 Å². The van der Waals surface area contributed by atoms with Gasteiger partial charge in [-0.1, -0.05) is 27.7 Å². The minimum Gasteiger partial charge on any atom is -0.458 e. The van der Waals surface area contributed by atoms with Crippen molar-refractivity contribution < 1.29 is 39.5 Å². The zero-order valence-electron chi connectivity index (χ0n) is 22.7. The topological polar surface area (TPSA) is 150 Å². The number of Topliss-reactive ketones (excluding diaryl/α,β-unsaturated/α-hetero) is 1. The molecule has 3 heterocycles. The maximum atomic E-state index is 13.2. The first kappa shape index (κ1) is 29.9. The summed E-state index contributed by atoms with van der Waals surface area (Å²) < 4.78 is 11.6. The summed E-state index contributed by atoms with van der Waals surface area (Å²) in [5, 5.41) is 46.2. The molecule has 3 rings (SSSR count). The fraction of sp³-hybridized carbons (Fsp3) is 0.741. The summed E-state index contributed by atoms with van der Waals surface area (Å²) in [6.07, 6.45) is -4.42. The Kier molecular flexibility index (Phi) is 9.04. The number of thiazole rings is 1. The SMILES string of the molecule is C/C(=C\c1csc(C)n1)[C@@H]1C[C@@H]2O[C@]2(C)C(O)C(O)C[C@H](C)[C@H](O)[C@@H](C)C(=O)C(C)(C)[C@@H](O)CC(=O)O1. The van der Waals surface area contributed by atoms with Gasteiger partial charge >= 0.3 is 5.97 Å². The number of carbonyl (C=O) groups excluding carboxylic acids is 2. The Labute approximate surface area is 222 Å². The second kappa shape index (κ2) is 11.2. The van der Waals surface area contributed by atoms with Gasteiger partial charge in [-0.2, -0.15) is 0 Å². The third kappa shape index (κ3) is 6.49. The van der Waals surface area contributed by atoms with E-state index >= 15 is 0 Å². The molecule has 37 heavy (non-hydrogen) atoms. The van der Waals surface area contributed by atoms with Crippen LogP contribution in [0.2, 0.25) is 0 Å². The lowest BCUT2D eigenvalue weighted by Gasteiger charge is -2.35.